The molecule has 4 nitrogen and oxygen atoms in total. The topological polar surface area (TPSA) is 63.1 Å². The highest BCUT2D eigenvalue weighted by atomic mass is 16.3. The van der Waals surface area contributed by atoms with Crippen LogP contribution in [0, 0.1) is 0 Å². The van der Waals surface area contributed by atoms with Crippen LogP contribution in [0.3, 0.4) is 0 Å². The van der Waals surface area contributed by atoms with Crippen LogP contribution in [-0.2, 0) is 0 Å². The van der Waals surface area contributed by atoms with Crippen molar-refractivity contribution in [3.8, 4) is 5.75 Å². The van der Waals surface area contributed by atoms with Crippen LogP contribution >= 0.6 is 0 Å². The van der Waals surface area contributed by atoms with Gasteiger partial charge in [0.2, 0.25) is 0 Å². The van der Waals surface area contributed by atoms with E-state index in [4.69, 9.17) is 0 Å². The van der Waals surface area contributed by atoms with E-state index < -0.39 is 0 Å². The number of aromatic hydroxyl groups is 1. The van der Waals surface area contributed by atoms with Crippen molar-refractivity contribution in [2.45, 2.75) is 0 Å². The fourth-order valence-electron chi connectivity index (χ4n) is 2.64. The van der Waals surface area contributed by atoms with Gasteiger partial charge in [-0.25, -0.2) is 9.97 Å². The van der Waals surface area contributed by atoms with Crippen molar-refractivity contribution in [3.05, 3.63) is 54.1 Å². The largest absolute Gasteiger partial charge is 0.506 e. The molecule has 4 heteroatoms. The van der Waals surface area contributed by atoms with Crippen molar-refractivity contribution in [1.29, 1.82) is 0 Å². The van der Waals surface area contributed by atoms with Crippen molar-refractivity contribution in [2.24, 2.45) is 0 Å². The molecular formula is C17H10N2O2. The number of hydrogen-bond donors (Lipinski definition) is 1. The zero-order chi connectivity index (χ0) is 14.4. The summed E-state index contributed by atoms with van der Waals surface area (Å²) >= 11 is 0. The highest BCUT2D eigenvalue weighted by Gasteiger charge is 2.15. The minimum Gasteiger partial charge on any atom is -0.506 e. The Balaban J connectivity index is 2.35. The molecule has 0 unspecified atom stereocenters. The Labute approximate surface area is 119 Å². The standard InChI is InChI=1S/C17H10N2O2/c20-9-12-16-15(10-5-1-2-6-11(10)17(12)21)18-13-7-3-4-8-14(13)19-16/h1-9,21H. The zero-order valence-corrected chi connectivity index (χ0v) is 10.9. The number of carbonyl (C=O) groups excluding carboxylic acids is 1. The van der Waals surface area contributed by atoms with E-state index in [1.807, 2.05) is 42.5 Å². The van der Waals surface area contributed by atoms with Gasteiger partial charge in [0.15, 0.2) is 6.29 Å². The summed E-state index contributed by atoms with van der Waals surface area (Å²) in [4.78, 5) is 20.5. The van der Waals surface area contributed by atoms with Crippen LogP contribution < -0.4 is 0 Å². The lowest BCUT2D eigenvalue weighted by atomic mass is 10.0. The Morgan fingerprint density at radius 1 is 0.810 bits per heavy atom. The van der Waals surface area contributed by atoms with Crippen LogP contribution in [0.15, 0.2) is 48.5 Å². The van der Waals surface area contributed by atoms with Crippen LogP contribution in [0.5, 0.6) is 5.75 Å². The molecule has 0 saturated heterocycles. The molecule has 0 aliphatic carbocycles. The first-order valence-corrected chi connectivity index (χ1v) is 6.55. The van der Waals surface area contributed by atoms with E-state index in [-0.39, 0.29) is 11.3 Å². The molecule has 0 amide bonds. The van der Waals surface area contributed by atoms with Gasteiger partial charge in [0.1, 0.15) is 11.3 Å². The maximum atomic E-state index is 11.4. The number of phenols is 1. The Kier molecular flexibility index (Phi) is 2.38. The van der Waals surface area contributed by atoms with Crippen molar-refractivity contribution in [1.82, 2.24) is 9.97 Å². The summed E-state index contributed by atoms with van der Waals surface area (Å²) in [6, 6.07) is 14.8. The molecule has 1 heterocycles. The molecule has 0 aliphatic rings. The van der Waals surface area contributed by atoms with E-state index >= 15 is 0 Å². The lowest BCUT2D eigenvalue weighted by Gasteiger charge is -2.09. The molecule has 0 bridgehead atoms. The SMILES string of the molecule is O=Cc1c(O)c2ccccc2c2nc3ccccc3nc12. The fourth-order valence-corrected chi connectivity index (χ4v) is 2.64. The Bertz CT molecular complexity index is 1030. The number of nitrogens with zero attached hydrogens (tertiary/aromatic N) is 2. The predicted molar refractivity (Wildman–Crippen MR) is 81.6 cm³/mol. The molecule has 100 valence electrons. The number of phenolic OH excluding ortho intramolecular Hbond substituents is 1. The number of hydrogen-bond acceptors (Lipinski definition) is 4. The average Bonchev–Trinajstić information content (AvgIpc) is 2.54. The summed E-state index contributed by atoms with van der Waals surface area (Å²) in [7, 11) is 0. The quantitative estimate of drug-likeness (QED) is 0.328. The summed E-state index contributed by atoms with van der Waals surface area (Å²) in [5.41, 5.74) is 2.70. The summed E-state index contributed by atoms with van der Waals surface area (Å²) in [5, 5.41) is 11.7. The van der Waals surface area contributed by atoms with Gasteiger partial charge in [-0.2, -0.15) is 0 Å². The van der Waals surface area contributed by atoms with Crippen molar-refractivity contribution in [3.63, 3.8) is 0 Å². The third-order valence-corrected chi connectivity index (χ3v) is 3.64. The molecule has 0 radical (unpaired) electrons. The van der Waals surface area contributed by atoms with Gasteiger partial charge in [0.25, 0.3) is 0 Å². The molecular weight excluding hydrogens is 264 g/mol. The molecule has 1 N–H and O–H groups in total. The van der Waals surface area contributed by atoms with E-state index in [0.29, 0.717) is 28.2 Å². The van der Waals surface area contributed by atoms with Crippen molar-refractivity contribution >= 4 is 39.1 Å². The lowest BCUT2D eigenvalue weighted by molar-refractivity contribution is 0.112. The maximum absolute atomic E-state index is 11.4. The third kappa shape index (κ3) is 1.59. The number of aromatic nitrogens is 2. The predicted octanol–water partition coefficient (Wildman–Crippen LogP) is 3.45. The smallest absolute Gasteiger partial charge is 0.156 e. The molecule has 3 aromatic carbocycles. The number of benzene rings is 3. The molecule has 0 aliphatic heterocycles. The van der Waals surface area contributed by atoms with E-state index in [2.05, 4.69) is 9.97 Å². The molecule has 0 atom stereocenters. The normalized spacial score (nSPS) is 11.2. The van der Waals surface area contributed by atoms with E-state index in [1.54, 1.807) is 6.07 Å². The minimum atomic E-state index is -0.0438. The average molecular weight is 274 g/mol. The zero-order valence-electron chi connectivity index (χ0n) is 10.9. The molecule has 21 heavy (non-hydrogen) atoms. The van der Waals surface area contributed by atoms with Gasteiger partial charge in [0.05, 0.1) is 22.1 Å². The summed E-state index contributed by atoms with van der Waals surface area (Å²) in [6.45, 7) is 0. The van der Waals surface area contributed by atoms with Gasteiger partial charge >= 0.3 is 0 Å². The van der Waals surface area contributed by atoms with E-state index in [9.17, 15) is 9.90 Å². The number of rotatable bonds is 1. The maximum Gasteiger partial charge on any atom is 0.156 e. The minimum absolute atomic E-state index is 0.0438. The monoisotopic (exact) mass is 274 g/mol. The lowest BCUT2D eigenvalue weighted by Crippen LogP contribution is -1.94. The number of para-hydroxylation sites is 2. The van der Waals surface area contributed by atoms with Gasteiger partial charge < -0.3 is 5.11 Å². The summed E-state index contributed by atoms with van der Waals surface area (Å²) in [5.74, 6) is -0.0438. The Hall–Kier alpha value is -3.01. The molecule has 0 fully saturated rings. The summed E-state index contributed by atoms with van der Waals surface area (Å²) in [6.07, 6.45) is 0.632. The number of carbonyl (C=O) groups is 1. The van der Waals surface area contributed by atoms with Crippen LogP contribution in [-0.4, -0.2) is 21.4 Å². The van der Waals surface area contributed by atoms with Crippen LogP contribution in [0.2, 0.25) is 0 Å². The summed E-state index contributed by atoms with van der Waals surface area (Å²) < 4.78 is 0. The van der Waals surface area contributed by atoms with Crippen LogP contribution in [0.4, 0.5) is 0 Å². The molecule has 1 aromatic heterocycles. The van der Waals surface area contributed by atoms with Gasteiger partial charge in [-0.3, -0.25) is 4.79 Å². The van der Waals surface area contributed by atoms with Gasteiger partial charge in [-0.15, -0.1) is 0 Å². The van der Waals surface area contributed by atoms with Gasteiger partial charge in [-0.1, -0.05) is 36.4 Å². The Morgan fingerprint density at radius 2 is 1.38 bits per heavy atom. The highest BCUT2D eigenvalue weighted by Crippen LogP contribution is 2.35. The second kappa shape index (κ2) is 4.24. The van der Waals surface area contributed by atoms with Crippen molar-refractivity contribution in [2.75, 3.05) is 0 Å². The second-order valence-corrected chi connectivity index (χ2v) is 4.84. The van der Waals surface area contributed by atoms with Crippen molar-refractivity contribution < 1.29 is 9.90 Å². The molecule has 0 saturated carbocycles. The van der Waals surface area contributed by atoms with Crippen LogP contribution in [0.25, 0.3) is 32.8 Å². The molecule has 0 spiro atoms. The van der Waals surface area contributed by atoms with Gasteiger partial charge in [0, 0.05) is 10.8 Å². The first-order chi connectivity index (χ1) is 10.3. The third-order valence-electron chi connectivity index (χ3n) is 3.64. The fraction of sp³-hybridized carbons (Fsp3) is 0. The molecule has 4 aromatic rings. The Morgan fingerprint density at radius 3 is 2.05 bits per heavy atom. The second-order valence-electron chi connectivity index (χ2n) is 4.84. The molecule has 4 rings (SSSR count). The van der Waals surface area contributed by atoms with Gasteiger partial charge in [-0.05, 0) is 12.1 Å². The first kappa shape index (κ1) is 11.8. The van der Waals surface area contributed by atoms with E-state index in [1.165, 1.54) is 0 Å². The van der Waals surface area contributed by atoms with Crippen LogP contribution in [0.1, 0.15) is 10.4 Å². The highest BCUT2D eigenvalue weighted by molar-refractivity contribution is 6.15. The van der Waals surface area contributed by atoms with E-state index in [0.717, 1.165) is 10.9 Å². The number of aldehydes is 1. The number of fused-ring (bicyclic) bond motifs is 4. The first-order valence-electron chi connectivity index (χ1n) is 6.55.